The summed E-state index contributed by atoms with van der Waals surface area (Å²) in [5.41, 5.74) is -0.0646. The third kappa shape index (κ3) is 2.92. The smallest absolute Gasteiger partial charge is 0.229 e. The van der Waals surface area contributed by atoms with E-state index in [-0.39, 0.29) is 5.41 Å². The van der Waals surface area contributed by atoms with Gasteiger partial charge in [-0.3, -0.25) is 9.69 Å². The predicted molar refractivity (Wildman–Crippen MR) is 87.4 cm³/mol. The predicted octanol–water partition coefficient (Wildman–Crippen LogP) is 3.06. The fourth-order valence-corrected chi connectivity index (χ4v) is 4.55. The SMILES string of the molecule is C=CCN1CCC2(CCN(Cc3ccc(C)s3)CC2)C1=O. The van der Waals surface area contributed by atoms with E-state index in [1.165, 1.54) is 9.75 Å². The molecule has 1 aromatic heterocycles. The van der Waals surface area contributed by atoms with Crippen LogP contribution in [0.5, 0.6) is 0 Å². The van der Waals surface area contributed by atoms with Crippen molar-refractivity contribution in [3.63, 3.8) is 0 Å². The van der Waals surface area contributed by atoms with Crippen molar-refractivity contribution in [2.24, 2.45) is 5.41 Å². The van der Waals surface area contributed by atoms with Gasteiger partial charge in [0.1, 0.15) is 0 Å². The number of carbonyl (C=O) groups excluding carboxylic acids is 1. The molecule has 2 aliphatic heterocycles. The van der Waals surface area contributed by atoms with Crippen LogP contribution < -0.4 is 0 Å². The van der Waals surface area contributed by atoms with Gasteiger partial charge in [0.05, 0.1) is 5.41 Å². The molecule has 4 heteroatoms. The molecule has 2 saturated heterocycles. The second-order valence-corrected chi connectivity index (χ2v) is 7.73. The first-order valence-corrected chi connectivity index (χ1v) is 8.63. The third-order valence-corrected chi connectivity index (χ3v) is 5.92. The normalized spacial score (nSPS) is 22.1. The molecule has 0 unspecified atom stereocenters. The highest BCUT2D eigenvalue weighted by atomic mass is 32.1. The molecule has 21 heavy (non-hydrogen) atoms. The fraction of sp³-hybridized carbons (Fsp3) is 0.588. The summed E-state index contributed by atoms with van der Waals surface area (Å²) in [5, 5.41) is 0. The summed E-state index contributed by atoms with van der Waals surface area (Å²) >= 11 is 1.88. The highest BCUT2D eigenvalue weighted by molar-refractivity contribution is 7.11. The molecule has 1 spiro atoms. The largest absolute Gasteiger partial charge is 0.338 e. The lowest BCUT2D eigenvalue weighted by Gasteiger charge is -2.37. The van der Waals surface area contributed by atoms with Crippen LogP contribution in [-0.4, -0.2) is 41.9 Å². The lowest BCUT2D eigenvalue weighted by atomic mass is 9.77. The van der Waals surface area contributed by atoms with Crippen LogP contribution in [0.3, 0.4) is 0 Å². The number of thiophene rings is 1. The minimum absolute atomic E-state index is 0.0646. The van der Waals surface area contributed by atoms with E-state index < -0.39 is 0 Å². The molecule has 1 amide bonds. The van der Waals surface area contributed by atoms with Crippen molar-refractivity contribution >= 4 is 17.2 Å². The van der Waals surface area contributed by atoms with E-state index >= 15 is 0 Å². The maximum Gasteiger partial charge on any atom is 0.229 e. The zero-order chi connectivity index (χ0) is 14.9. The van der Waals surface area contributed by atoms with Crippen molar-refractivity contribution in [1.82, 2.24) is 9.80 Å². The molecule has 0 aromatic carbocycles. The molecular formula is C17H24N2OS. The first-order valence-electron chi connectivity index (χ1n) is 7.81. The number of hydrogen-bond donors (Lipinski definition) is 0. The minimum Gasteiger partial charge on any atom is -0.338 e. The first-order chi connectivity index (χ1) is 10.1. The Morgan fingerprint density at radius 2 is 2.00 bits per heavy atom. The number of hydrogen-bond acceptors (Lipinski definition) is 3. The lowest BCUT2D eigenvalue weighted by molar-refractivity contribution is -0.138. The van der Waals surface area contributed by atoms with Gasteiger partial charge in [0, 0.05) is 29.4 Å². The Bertz CT molecular complexity index is 529. The van der Waals surface area contributed by atoms with Crippen LogP contribution in [0.4, 0.5) is 0 Å². The van der Waals surface area contributed by atoms with Gasteiger partial charge in [-0.1, -0.05) is 6.08 Å². The highest BCUT2D eigenvalue weighted by Crippen LogP contribution is 2.41. The Kier molecular flexibility index (Phi) is 4.18. The summed E-state index contributed by atoms with van der Waals surface area (Å²) in [4.78, 5) is 19.9. The second kappa shape index (κ2) is 5.93. The van der Waals surface area contributed by atoms with Crippen LogP contribution in [0, 0.1) is 12.3 Å². The highest BCUT2D eigenvalue weighted by Gasteiger charge is 2.47. The average molecular weight is 304 g/mol. The van der Waals surface area contributed by atoms with E-state index in [2.05, 4.69) is 30.5 Å². The molecule has 0 atom stereocenters. The number of aryl methyl sites for hydroxylation is 1. The molecule has 2 fully saturated rings. The summed E-state index contributed by atoms with van der Waals surface area (Å²) in [6.45, 7) is 10.7. The number of likely N-dealkylation sites (tertiary alicyclic amines) is 2. The number of nitrogens with zero attached hydrogens (tertiary/aromatic N) is 2. The Hall–Kier alpha value is -1.13. The Balaban J connectivity index is 1.57. The van der Waals surface area contributed by atoms with Gasteiger partial charge in [-0.25, -0.2) is 0 Å². The minimum atomic E-state index is -0.0646. The quantitative estimate of drug-likeness (QED) is 0.798. The van der Waals surface area contributed by atoms with E-state index in [9.17, 15) is 4.79 Å². The van der Waals surface area contributed by atoms with E-state index in [0.717, 1.165) is 45.4 Å². The maximum absolute atomic E-state index is 12.6. The fourth-order valence-electron chi connectivity index (χ4n) is 3.62. The van der Waals surface area contributed by atoms with Gasteiger partial charge >= 0.3 is 0 Å². The third-order valence-electron chi connectivity index (χ3n) is 4.94. The number of piperidine rings is 1. The summed E-state index contributed by atoms with van der Waals surface area (Å²) in [5.74, 6) is 0.369. The van der Waals surface area contributed by atoms with Gasteiger partial charge in [0.2, 0.25) is 5.91 Å². The molecule has 2 aliphatic rings. The summed E-state index contributed by atoms with van der Waals surface area (Å²) in [6, 6.07) is 4.43. The molecule has 0 bridgehead atoms. The van der Waals surface area contributed by atoms with E-state index in [0.29, 0.717) is 12.5 Å². The molecule has 3 nitrogen and oxygen atoms in total. The Morgan fingerprint density at radius 3 is 2.62 bits per heavy atom. The van der Waals surface area contributed by atoms with Gasteiger partial charge in [-0.05, 0) is 51.4 Å². The van der Waals surface area contributed by atoms with Gasteiger partial charge in [-0.2, -0.15) is 0 Å². The monoisotopic (exact) mass is 304 g/mol. The zero-order valence-electron chi connectivity index (χ0n) is 12.8. The second-order valence-electron chi connectivity index (χ2n) is 6.36. The van der Waals surface area contributed by atoms with Crippen molar-refractivity contribution in [2.75, 3.05) is 26.2 Å². The summed E-state index contributed by atoms with van der Waals surface area (Å²) in [7, 11) is 0. The van der Waals surface area contributed by atoms with Crippen molar-refractivity contribution in [2.45, 2.75) is 32.7 Å². The van der Waals surface area contributed by atoms with E-state index in [1.807, 2.05) is 22.3 Å². The molecule has 1 aromatic rings. The molecule has 3 rings (SSSR count). The number of carbonyl (C=O) groups is 1. The van der Waals surface area contributed by atoms with Crippen LogP contribution >= 0.6 is 11.3 Å². The van der Waals surface area contributed by atoms with E-state index in [4.69, 9.17) is 0 Å². The van der Waals surface area contributed by atoms with Crippen molar-refractivity contribution < 1.29 is 4.79 Å². The molecule has 114 valence electrons. The van der Waals surface area contributed by atoms with Crippen molar-refractivity contribution in [3.05, 3.63) is 34.5 Å². The maximum atomic E-state index is 12.6. The topological polar surface area (TPSA) is 23.6 Å². The van der Waals surface area contributed by atoms with Gasteiger partial charge in [0.15, 0.2) is 0 Å². The van der Waals surface area contributed by atoms with Crippen LogP contribution in [0.25, 0.3) is 0 Å². The van der Waals surface area contributed by atoms with Crippen LogP contribution in [0.2, 0.25) is 0 Å². The Labute approximate surface area is 131 Å². The standard InChI is InChI=1S/C17H24N2OS/c1-3-9-19-12-8-17(16(19)20)6-10-18(11-7-17)13-15-5-4-14(2)21-15/h3-5H,1,6-13H2,2H3. The number of amides is 1. The van der Waals surface area contributed by atoms with Gasteiger partial charge in [-0.15, -0.1) is 17.9 Å². The van der Waals surface area contributed by atoms with Crippen molar-refractivity contribution in [1.29, 1.82) is 0 Å². The first kappa shape index (κ1) is 14.8. The van der Waals surface area contributed by atoms with Crippen LogP contribution in [0.1, 0.15) is 29.0 Å². The molecule has 3 heterocycles. The van der Waals surface area contributed by atoms with Gasteiger partial charge < -0.3 is 4.90 Å². The van der Waals surface area contributed by atoms with Crippen molar-refractivity contribution in [3.8, 4) is 0 Å². The molecule has 0 radical (unpaired) electrons. The van der Waals surface area contributed by atoms with Crippen LogP contribution in [0.15, 0.2) is 24.8 Å². The molecule has 0 aliphatic carbocycles. The van der Waals surface area contributed by atoms with Crippen LogP contribution in [-0.2, 0) is 11.3 Å². The molecule has 0 N–H and O–H groups in total. The summed E-state index contributed by atoms with van der Waals surface area (Å²) < 4.78 is 0. The molecular weight excluding hydrogens is 280 g/mol. The number of rotatable bonds is 4. The lowest BCUT2D eigenvalue weighted by Crippen LogP contribution is -2.44. The molecule has 0 saturated carbocycles. The van der Waals surface area contributed by atoms with Gasteiger partial charge in [0.25, 0.3) is 0 Å². The van der Waals surface area contributed by atoms with E-state index in [1.54, 1.807) is 0 Å². The average Bonchev–Trinajstić information content (AvgIpc) is 3.01. The Morgan fingerprint density at radius 1 is 1.29 bits per heavy atom. The zero-order valence-corrected chi connectivity index (χ0v) is 13.6. The summed E-state index contributed by atoms with van der Waals surface area (Å²) in [6.07, 6.45) is 4.91.